The van der Waals surface area contributed by atoms with E-state index in [1.165, 1.54) is 11.3 Å². The molecule has 0 saturated carbocycles. The van der Waals surface area contributed by atoms with Crippen LogP contribution in [0.25, 0.3) is 0 Å². The minimum absolute atomic E-state index is 0. The fraction of sp³-hybridized carbons (Fsp3) is 0.600. The van der Waals surface area contributed by atoms with Gasteiger partial charge in [-0.1, -0.05) is 0 Å². The van der Waals surface area contributed by atoms with Crippen molar-refractivity contribution in [3.8, 4) is 0 Å². The van der Waals surface area contributed by atoms with Crippen molar-refractivity contribution >= 4 is 49.7 Å². The molecule has 18 heavy (non-hydrogen) atoms. The van der Waals surface area contributed by atoms with Crippen LogP contribution in [-0.4, -0.2) is 38.9 Å². The first-order chi connectivity index (χ1) is 8.04. The Morgan fingerprint density at radius 3 is 2.78 bits per heavy atom. The van der Waals surface area contributed by atoms with E-state index in [4.69, 9.17) is 0 Å². The highest BCUT2D eigenvalue weighted by molar-refractivity contribution is 9.11. The third kappa shape index (κ3) is 3.46. The van der Waals surface area contributed by atoms with E-state index >= 15 is 0 Å². The molecule has 1 unspecified atom stereocenters. The predicted octanol–water partition coefficient (Wildman–Crippen LogP) is 2.30. The highest BCUT2D eigenvalue weighted by Crippen LogP contribution is 2.29. The molecular weight excluding hydrogens is 360 g/mol. The van der Waals surface area contributed by atoms with Gasteiger partial charge in [-0.3, -0.25) is 0 Å². The molecule has 1 aliphatic heterocycles. The summed E-state index contributed by atoms with van der Waals surface area (Å²) < 4.78 is 27.5. The largest absolute Gasteiger partial charge is 0.316 e. The smallest absolute Gasteiger partial charge is 0.252 e. The van der Waals surface area contributed by atoms with E-state index in [0.717, 1.165) is 16.6 Å². The minimum atomic E-state index is -3.30. The summed E-state index contributed by atoms with van der Waals surface area (Å²) in [5.41, 5.74) is 0. The molecule has 1 atom stereocenters. The summed E-state index contributed by atoms with van der Waals surface area (Å²) in [6.07, 6.45) is 1.95. The average Bonchev–Trinajstić information content (AvgIpc) is 2.76. The number of sulfonamides is 1. The molecule has 0 radical (unpaired) electrons. The van der Waals surface area contributed by atoms with Gasteiger partial charge in [0.05, 0.1) is 3.79 Å². The molecule has 1 aliphatic rings. The summed E-state index contributed by atoms with van der Waals surface area (Å²) in [5, 5.41) is 3.15. The molecule has 2 heterocycles. The van der Waals surface area contributed by atoms with Crippen molar-refractivity contribution in [3.63, 3.8) is 0 Å². The number of halogens is 2. The third-order valence-electron chi connectivity index (χ3n) is 2.94. The van der Waals surface area contributed by atoms with E-state index in [0.29, 0.717) is 17.3 Å². The molecule has 1 aromatic rings. The van der Waals surface area contributed by atoms with E-state index in [-0.39, 0.29) is 18.4 Å². The van der Waals surface area contributed by atoms with Crippen molar-refractivity contribution in [1.29, 1.82) is 0 Å². The summed E-state index contributed by atoms with van der Waals surface area (Å²) in [7, 11) is -1.42. The number of piperidine rings is 1. The quantitative estimate of drug-likeness (QED) is 0.882. The number of thiophene rings is 1. The normalized spacial score (nSPS) is 21.6. The molecule has 1 N–H and O–H groups in total. The van der Waals surface area contributed by atoms with Gasteiger partial charge in [0.15, 0.2) is 0 Å². The van der Waals surface area contributed by atoms with Crippen molar-refractivity contribution in [2.45, 2.75) is 23.1 Å². The molecule has 104 valence electrons. The van der Waals surface area contributed by atoms with Crippen molar-refractivity contribution in [2.24, 2.45) is 0 Å². The van der Waals surface area contributed by atoms with Gasteiger partial charge in [-0.2, -0.15) is 4.31 Å². The van der Waals surface area contributed by atoms with E-state index in [1.807, 2.05) is 7.05 Å². The lowest BCUT2D eigenvalue weighted by Gasteiger charge is -2.31. The standard InChI is InChI=1S/C10H15BrN2O2S2.ClH/c1-12-8-3-2-6-13(7-8)17(14,15)10-5-4-9(11)16-10;/h4-5,8,12H,2-3,6-7H2,1H3;1H. The molecule has 0 amide bonds. The van der Waals surface area contributed by atoms with Crippen LogP contribution in [0, 0.1) is 0 Å². The Bertz CT molecular complexity index is 492. The van der Waals surface area contributed by atoms with Crippen LogP contribution in [-0.2, 0) is 10.0 Å². The zero-order valence-corrected chi connectivity index (χ0v) is 14.0. The lowest BCUT2D eigenvalue weighted by Crippen LogP contribution is -2.46. The first-order valence-corrected chi connectivity index (χ1v) is 8.52. The Kier molecular flexibility index (Phi) is 6.08. The van der Waals surface area contributed by atoms with E-state index in [1.54, 1.807) is 16.4 Å². The summed E-state index contributed by atoms with van der Waals surface area (Å²) in [4.78, 5) is 0. The van der Waals surface area contributed by atoms with Crippen molar-refractivity contribution in [1.82, 2.24) is 9.62 Å². The summed E-state index contributed by atoms with van der Waals surface area (Å²) in [6.45, 7) is 1.18. The summed E-state index contributed by atoms with van der Waals surface area (Å²) >= 11 is 4.56. The molecule has 0 aromatic carbocycles. The zero-order chi connectivity index (χ0) is 12.5. The van der Waals surface area contributed by atoms with Gasteiger partial charge in [-0.25, -0.2) is 8.42 Å². The van der Waals surface area contributed by atoms with Gasteiger partial charge in [0.1, 0.15) is 4.21 Å². The van der Waals surface area contributed by atoms with Crippen LogP contribution in [0.4, 0.5) is 0 Å². The van der Waals surface area contributed by atoms with Crippen molar-refractivity contribution in [2.75, 3.05) is 20.1 Å². The Hall–Kier alpha value is 0.340. The van der Waals surface area contributed by atoms with Gasteiger partial charge < -0.3 is 5.32 Å². The molecule has 1 aromatic heterocycles. The van der Waals surface area contributed by atoms with Crippen molar-refractivity contribution in [3.05, 3.63) is 15.9 Å². The molecule has 0 spiro atoms. The van der Waals surface area contributed by atoms with E-state index in [2.05, 4.69) is 21.2 Å². The van der Waals surface area contributed by atoms with Gasteiger partial charge in [0, 0.05) is 19.1 Å². The molecular formula is C10H16BrClN2O2S2. The van der Waals surface area contributed by atoms with Crippen LogP contribution in [0.15, 0.2) is 20.1 Å². The summed E-state index contributed by atoms with van der Waals surface area (Å²) in [5.74, 6) is 0. The Morgan fingerprint density at radius 1 is 1.50 bits per heavy atom. The molecule has 8 heteroatoms. The summed E-state index contributed by atoms with van der Waals surface area (Å²) in [6, 6.07) is 3.70. The van der Waals surface area contributed by atoms with Gasteiger partial charge in [0.2, 0.25) is 0 Å². The maximum Gasteiger partial charge on any atom is 0.252 e. The SMILES string of the molecule is CNC1CCCN(S(=O)(=O)c2ccc(Br)s2)C1.Cl. The van der Waals surface area contributed by atoms with Gasteiger partial charge in [-0.15, -0.1) is 23.7 Å². The first kappa shape index (κ1) is 16.4. The third-order valence-corrected chi connectivity index (χ3v) is 6.89. The fourth-order valence-electron chi connectivity index (χ4n) is 1.96. The Balaban J connectivity index is 0.00000162. The molecule has 4 nitrogen and oxygen atoms in total. The van der Waals surface area contributed by atoms with Crippen LogP contribution < -0.4 is 5.32 Å². The second-order valence-electron chi connectivity index (χ2n) is 4.05. The number of hydrogen-bond acceptors (Lipinski definition) is 4. The number of rotatable bonds is 3. The monoisotopic (exact) mass is 374 g/mol. The predicted molar refractivity (Wildman–Crippen MR) is 80.1 cm³/mol. The number of nitrogens with zero attached hydrogens (tertiary/aromatic N) is 1. The van der Waals surface area contributed by atoms with Crippen LogP contribution in [0.1, 0.15) is 12.8 Å². The van der Waals surface area contributed by atoms with E-state index < -0.39 is 10.0 Å². The molecule has 1 fully saturated rings. The number of hydrogen-bond donors (Lipinski definition) is 1. The highest BCUT2D eigenvalue weighted by atomic mass is 79.9. The van der Waals surface area contributed by atoms with Crippen molar-refractivity contribution < 1.29 is 8.42 Å². The second kappa shape index (κ2) is 6.67. The maximum absolute atomic E-state index is 12.3. The Morgan fingerprint density at radius 2 is 2.22 bits per heavy atom. The molecule has 2 rings (SSSR count). The lowest BCUT2D eigenvalue weighted by atomic mass is 10.1. The second-order valence-corrected chi connectivity index (χ2v) is 8.68. The molecule has 0 bridgehead atoms. The van der Waals surface area contributed by atoms with Crippen LogP contribution in [0.5, 0.6) is 0 Å². The molecule has 1 saturated heterocycles. The first-order valence-electron chi connectivity index (χ1n) is 5.47. The Labute approximate surface area is 126 Å². The average molecular weight is 376 g/mol. The highest BCUT2D eigenvalue weighted by Gasteiger charge is 2.30. The fourth-order valence-corrected chi connectivity index (χ4v) is 5.65. The minimum Gasteiger partial charge on any atom is -0.316 e. The van der Waals surface area contributed by atoms with Crippen LogP contribution in [0.2, 0.25) is 0 Å². The number of likely N-dealkylation sites (N-methyl/N-ethyl adjacent to an activating group) is 1. The zero-order valence-electron chi connectivity index (χ0n) is 9.93. The topological polar surface area (TPSA) is 49.4 Å². The van der Waals surface area contributed by atoms with Crippen LogP contribution >= 0.6 is 39.7 Å². The van der Waals surface area contributed by atoms with Gasteiger partial charge >= 0.3 is 0 Å². The van der Waals surface area contributed by atoms with Gasteiger partial charge in [0.25, 0.3) is 10.0 Å². The maximum atomic E-state index is 12.3. The van der Waals surface area contributed by atoms with E-state index in [9.17, 15) is 8.42 Å². The number of nitrogens with one attached hydrogen (secondary N) is 1. The molecule has 0 aliphatic carbocycles. The van der Waals surface area contributed by atoms with Crippen LogP contribution in [0.3, 0.4) is 0 Å². The lowest BCUT2D eigenvalue weighted by molar-refractivity contribution is 0.293. The van der Waals surface area contributed by atoms with Gasteiger partial charge in [-0.05, 0) is 48.0 Å².